The molecule has 1 heterocycles. The molecular weight excluding hydrogens is 194 g/mol. The fourth-order valence-corrected chi connectivity index (χ4v) is 0.604. The van der Waals surface area contributed by atoms with Gasteiger partial charge in [-0.05, 0) is 0 Å². The van der Waals surface area contributed by atoms with Gasteiger partial charge in [0.05, 0.1) is 0 Å². The molecule has 0 atom stereocenters. The third-order valence-electron chi connectivity index (χ3n) is 0.957. The molecule has 66 valence electrons. The van der Waals surface area contributed by atoms with Crippen molar-refractivity contribution in [3.05, 3.63) is 0 Å². The summed E-state index contributed by atoms with van der Waals surface area (Å²) < 4.78 is 0. The summed E-state index contributed by atoms with van der Waals surface area (Å²) in [5, 5.41) is 6.44. The second-order valence-corrected chi connectivity index (χ2v) is 1.50. The molecule has 1 aliphatic rings. The highest BCUT2D eigenvalue weighted by molar-refractivity contribution is 8.93. The van der Waals surface area contributed by atoms with Gasteiger partial charge in [-0.25, -0.2) is 0 Å². The fourth-order valence-electron chi connectivity index (χ4n) is 0.604. The van der Waals surface area contributed by atoms with Crippen molar-refractivity contribution in [2.75, 3.05) is 26.2 Å². The molecule has 1 rings (SSSR count). The Kier molecular flexibility index (Phi) is 27.1. The molecule has 0 aliphatic carbocycles. The highest BCUT2D eigenvalue weighted by Crippen LogP contribution is 1.65. The number of hydrogen-bond acceptors (Lipinski definition) is 3. The van der Waals surface area contributed by atoms with E-state index in [1.807, 2.05) is 13.8 Å². The van der Waals surface area contributed by atoms with E-state index in [9.17, 15) is 0 Å². The molecule has 0 saturated carbocycles. The number of nitrogens with one attached hydrogen (secondary N) is 2. The molecule has 0 bridgehead atoms. The maximum atomic E-state index is 3.22. The normalized spacial score (nSPS) is 15.0. The van der Waals surface area contributed by atoms with Crippen molar-refractivity contribution in [3.63, 3.8) is 0 Å². The van der Waals surface area contributed by atoms with Crippen molar-refractivity contribution in [1.82, 2.24) is 16.8 Å². The number of piperazine rings is 1. The molecule has 0 aromatic carbocycles. The summed E-state index contributed by atoms with van der Waals surface area (Å²) in [4.78, 5) is 0. The molecule has 0 amide bonds. The van der Waals surface area contributed by atoms with Gasteiger partial charge in [0, 0.05) is 26.2 Å². The Labute approximate surface area is 74.3 Å². The minimum absolute atomic E-state index is 0. The molecular formula is C6H20BrN3. The van der Waals surface area contributed by atoms with Crippen LogP contribution in [0, 0.1) is 0 Å². The molecule has 4 heteroatoms. The maximum Gasteiger partial charge on any atom is 0.00772 e. The zero-order valence-electron chi connectivity index (χ0n) is 6.94. The van der Waals surface area contributed by atoms with Gasteiger partial charge >= 0.3 is 0 Å². The van der Waals surface area contributed by atoms with Crippen molar-refractivity contribution in [1.29, 1.82) is 0 Å². The second kappa shape index (κ2) is 16.2. The van der Waals surface area contributed by atoms with Gasteiger partial charge < -0.3 is 16.8 Å². The van der Waals surface area contributed by atoms with Gasteiger partial charge in [0.1, 0.15) is 0 Å². The van der Waals surface area contributed by atoms with E-state index in [1.165, 1.54) is 0 Å². The van der Waals surface area contributed by atoms with Gasteiger partial charge in [-0.15, -0.1) is 17.0 Å². The van der Waals surface area contributed by atoms with E-state index in [4.69, 9.17) is 0 Å². The average molecular weight is 214 g/mol. The van der Waals surface area contributed by atoms with Crippen LogP contribution in [0.1, 0.15) is 13.8 Å². The standard InChI is InChI=1S/C4H10N2.C2H6.BrH.H3N/c1-2-6-4-3-5-1;1-2;;/h5-6H,1-4H2;1-2H3;1H;1H3. The maximum absolute atomic E-state index is 3.22. The smallest absolute Gasteiger partial charge is 0.00772 e. The van der Waals surface area contributed by atoms with Gasteiger partial charge in [-0.3, -0.25) is 0 Å². The van der Waals surface area contributed by atoms with E-state index in [0.717, 1.165) is 26.2 Å². The van der Waals surface area contributed by atoms with Gasteiger partial charge in [0.25, 0.3) is 0 Å². The topological polar surface area (TPSA) is 59.1 Å². The molecule has 1 saturated heterocycles. The number of hydrogen-bond donors (Lipinski definition) is 3. The van der Waals surface area contributed by atoms with Crippen LogP contribution < -0.4 is 16.8 Å². The molecule has 0 unspecified atom stereocenters. The van der Waals surface area contributed by atoms with Crippen LogP contribution in [0.4, 0.5) is 0 Å². The fraction of sp³-hybridized carbons (Fsp3) is 1.00. The van der Waals surface area contributed by atoms with Crippen LogP contribution in [0.15, 0.2) is 0 Å². The monoisotopic (exact) mass is 213 g/mol. The highest BCUT2D eigenvalue weighted by Gasteiger charge is 1.91. The Morgan fingerprint density at radius 1 is 0.800 bits per heavy atom. The van der Waals surface area contributed by atoms with Gasteiger partial charge in [-0.1, -0.05) is 13.8 Å². The summed E-state index contributed by atoms with van der Waals surface area (Å²) in [6.07, 6.45) is 0. The molecule has 5 N–H and O–H groups in total. The van der Waals surface area contributed by atoms with E-state index in [2.05, 4.69) is 10.6 Å². The van der Waals surface area contributed by atoms with Crippen LogP contribution in [0.5, 0.6) is 0 Å². The molecule has 0 spiro atoms. The summed E-state index contributed by atoms with van der Waals surface area (Å²) in [5.41, 5.74) is 0. The van der Waals surface area contributed by atoms with Crippen LogP contribution in [-0.2, 0) is 0 Å². The molecule has 0 radical (unpaired) electrons. The van der Waals surface area contributed by atoms with Crippen molar-refractivity contribution in [2.24, 2.45) is 0 Å². The van der Waals surface area contributed by atoms with Gasteiger partial charge in [0.2, 0.25) is 0 Å². The van der Waals surface area contributed by atoms with Crippen molar-refractivity contribution in [3.8, 4) is 0 Å². The molecule has 0 aromatic heterocycles. The van der Waals surface area contributed by atoms with Crippen molar-refractivity contribution in [2.45, 2.75) is 13.8 Å². The molecule has 3 nitrogen and oxygen atoms in total. The Hall–Kier alpha value is 0.360. The molecule has 10 heavy (non-hydrogen) atoms. The average Bonchev–Trinajstić information content (AvgIpc) is 1.96. The second-order valence-electron chi connectivity index (χ2n) is 1.50. The Morgan fingerprint density at radius 2 is 1.00 bits per heavy atom. The van der Waals surface area contributed by atoms with Crippen LogP contribution in [0.3, 0.4) is 0 Å². The number of rotatable bonds is 0. The lowest BCUT2D eigenvalue weighted by Crippen LogP contribution is -2.39. The van der Waals surface area contributed by atoms with Crippen molar-refractivity contribution >= 4 is 17.0 Å². The first-order chi connectivity index (χ1) is 4.00. The lowest BCUT2D eigenvalue weighted by molar-refractivity contribution is 0.534. The van der Waals surface area contributed by atoms with E-state index in [-0.39, 0.29) is 23.1 Å². The first-order valence-electron chi connectivity index (χ1n) is 3.41. The Bertz CT molecular complexity index is 28.5. The summed E-state index contributed by atoms with van der Waals surface area (Å²) >= 11 is 0. The summed E-state index contributed by atoms with van der Waals surface area (Å²) in [6, 6.07) is 0. The SMILES string of the molecule is Br.C1CNCCN1.CC.N. The third kappa shape index (κ3) is 11.2. The van der Waals surface area contributed by atoms with Crippen LogP contribution >= 0.6 is 17.0 Å². The minimum atomic E-state index is 0. The highest BCUT2D eigenvalue weighted by atomic mass is 79.9. The van der Waals surface area contributed by atoms with Gasteiger partial charge in [0.15, 0.2) is 0 Å². The zero-order valence-corrected chi connectivity index (χ0v) is 8.66. The lowest BCUT2D eigenvalue weighted by Gasteiger charge is -2.11. The third-order valence-corrected chi connectivity index (χ3v) is 0.957. The van der Waals surface area contributed by atoms with Crippen LogP contribution in [0.25, 0.3) is 0 Å². The van der Waals surface area contributed by atoms with E-state index in [0.29, 0.717) is 0 Å². The predicted octanol–water partition coefficient (Wildman–Crippen LogP) is 0.945. The minimum Gasteiger partial charge on any atom is -0.344 e. The van der Waals surface area contributed by atoms with E-state index >= 15 is 0 Å². The Balaban J connectivity index is -0.000000114. The van der Waals surface area contributed by atoms with E-state index < -0.39 is 0 Å². The van der Waals surface area contributed by atoms with Crippen LogP contribution in [0.2, 0.25) is 0 Å². The zero-order chi connectivity index (χ0) is 6.24. The lowest BCUT2D eigenvalue weighted by atomic mass is 10.4. The largest absolute Gasteiger partial charge is 0.344 e. The first-order valence-corrected chi connectivity index (χ1v) is 3.41. The first kappa shape index (κ1) is 16.8. The van der Waals surface area contributed by atoms with Crippen LogP contribution in [-0.4, -0.2) is 26.2 Å². The predicted molar refractivity (Wildman–Crippen MR) is 52.4 cm³/mol. The summed E-state index contributed by atoms with van der Waals surface area (Å²) in [7, 11) is 0. The molecule has 0 aromatic rings. The van der Waals surface area contributed by atoms with E-state index in [1.54, 1.807) is 0 Å². The summed E-state index contributed by atoms with van der Waals surface area (Å²) in [6.45, 7) is 8.56. The van der Waals surface area contributed by atoms with Gasteiger partial charge in [-0.2, -0.15) is 0 Å². The van der Waals surface area contributed by atoms with Crippen molar-refractivity contribution < 1.29 is 0 Å². The number of halogens is 1. The summed E-state index contributed by atoms with van der Waals surface area (Å²) in [5.74, 6) is 0. The molecule has 1 fully saturated rings. The quantitative estimate of drug-likeness (QED) is 0.562. The molecule has 1 aliphatic heterocycles. The Morgan fingerprint density at radius 3 is 1.10 bits per heavy atom.